The molecule has 2 aromatic rings. The summed E-state index contributed by atoms with van der Waals surface area (Å²) in [6, 6.07) is 13.3. The SMILES string of the molecule is COC12CC[C@H](NC(=O)Cc3ccc(Cl)c(Cl)c3)C[C@@]1(c1cccc(OC(C)=O)c1)CC[N@+](CC(C)C)(CC1CC1)C2. The molecule has 1 heterocycles. The van der Waals surface area contributed by atoms with Gasteiger partial charge in [0.25, 0.3) is 0 Å². The summed E-state index contributed by atoms with van der Waals surface area (Å²) in [6.45, 7) is 10.5. The number of amides is 1. The molecule has 1 amide bonds. The molecule has 2 saturated carbocycles. The van der Waals surface area contributed by atoms with Gasteiger partial charge in [0.15, 0.2) is 0 Å². The van der Waals surface area contributed by atoms with Crippen LogP contribution in [0.2, 0.25) is 10.0 Å². The number of hydrogen-bond acceptors (Lipinski definition) is 4. The van der Waals surface area contributed by atoms with Crippen molar-refractivity contribution in [3.05, 3.63) is 63.6 Å². The van der Waals surface area contributed by atoms with Crippen molar-refractivity contribution < 1.29 is 23.5 Å². The Morgan fingerprint density at radius 2 is 1.86 bits per heavy atom. The average molecular weight is 617 g/mol. The van der Waals surface area contributed by atoms with Crippen LogP contribution in [0.3, 0.4) is 0 Å². The van der Waals surface area contributed by atoms with Gasteiger partial charge in [0.05, 0.1) is 36.1 Å². The van der Waals surface area contributed by atoms with Gasteiger partial charge < -0.3 is 19.3 Å². The molecule has 1 saturated heterocycles. The standard InChI is InChI=1S/C34H44Cl2N2O4/c1-23(2)20-38(21-25-8-9-25)15-14-33(27-6-5-7-29(18-27)42-24(3)39)19-28(12-13-34(33,22-38)41-4)37-32(40)17-26-10-11-30(35)31(36)16-26/h5-7,10-11,16,18,23,25,28H,8-9,12-15,17,19-22H2,1-4H3/p+1/t28-,33+,34?,38-/m0/s1. The van der Waals surface area contributed by atoms with Crippen LogP contribution in [0.5, 0.6) is 5.75 Å². The normalized spacial score (nSPS) is 29.2. The highest BCUT2D eigenvalue weighted by molar-refractivity contribution is 6.42. The van der Waals surface area contributed by atoms with E-state index in [-0.39, 0.29) is 29.8 Å². The molecule has 4 atom stereocenters. The van der Waals surface area contributed by atoms with E-state index in [0.717, 1.165) is 66.8 Å². The van der Waals surface area contributed by atoms with E-state index >= 15 is 0 Å². The minimum atomic E-state index is -0.394. The number of hydrogen-bond donors (Lipinski definition) is 1. The average Bonchev–Trinajstić information content (AvgIpc) is 3.74. The van der Waals surface area contributed by atoms with Gasteiger partial charge in [-0.3, -0.25) is 9.59 Å². The number of piperidine rings is 1. The molecule has 42 heavy (non-hydrogen) atoms. The van der Waals surface area contributed by atoms with Crippen molar-refractivity contribution in [2.45, 2.75) is 82.8 Å². The molecule has 228 valence electrons. The molecule has 1 N–H and O–H groups in total. The third kappa shape index (κ3) is 6.67. The second-order valence-electron chi connectivity index (χ2n) is 13.5. The number of carbonyl (C=O) groups excluding carboxylic acids is 2. The highest BCUT2D eigenvalue weighted by Crippen LogP contribution is 2.56. The first-order valence-corrected chi connectivity index (χ1v) is 16.2. The first kappa shape index (κ1) is 31.3. The van der Waals surface area contributed by atoms with E-state index in [0.29, 0.717) is 21.7 Å². The lowest BCUT2D eigenvalue weighted by Gasteiger charge is -2.62. The number of rotatable bonds is 10. The van der Waals surface area contributed by atoms with Gasteiger partial charge in [-0.05, 0) is 67.5 Å². The predicted molar refractivity (Wildman–Crippen MR) is 167 cm³/mol. The van der Waals surface area contributed by atoms with Gasteiger partial charge >= 0.3 is 5.97 Å². The number of methoxy groups -OCH3 is 1. The molecule has 0 aromatic heterocycles. The fourth-order valence-corrected chi connectivity index (χ4v) is 8.44. The molecule has 2 aromatic carbocycles. The van der Waals surface area contributed by atoms with E-state index in [1.54, 1.807) is 12.1 Å². The van der Waals surface area contributed by atoms with Gasteiger partial charge in [-0.25, -0.2) is 0 Å². The fraction of sp³-hybridized carbons (Fsp3) is 0.588. The van der Waals surface area contributed by atoms with E-state index in [2.05, 4.69) is 25.2 Å². The van der Waals surface area contributed by atoms with Crippen molar-refractivity contribution in [3.63, 3.8) is 0 Å². The zero-order valence-corrected chi connectivity index (χ0v) is 26.9. The Morgan fingerprint density at radius 3 is 2.52 bits per heavy atom. The van der Waals surface area contributed by atoms with Crippen LogP contribution in [0, 0.1) is 11.8 Å². The maximum absolute atomic E-state index is 13.3. The molecule has 0 spiro atoms. The Morgan fingerprint density at radius 1 is 1.07 bits per heavy atom. The summed E-state index contributed by atoms with van der Waals surface area (Å²) >= 11 is 12.3. The van der Waals surface area contributed by atoms with Gasteiger partial charge in [-0.1, -0.05) is 55.2 Å². The molecule has 6 nitrogen and oxygen atoms in total. The monoisotopic (exact) mass is 615 g/mol. The van der Waals surface area contributed by atoms with Gasteiger partial charge in [0.1, 0.15) is 17.9 Å². The quantitative estimate of drug-likeness (QED) is 0.183. The summed E-state index contributed by atoms with van der Waals surface area (Å²) in [4.78, 5) is 25.1. The molecule has 1 unspecified atom stereocenters. The summed E-state index contributed by atoms with van der Waals surface area (Å²) in [5.74, 6) is 1.60. The minimum Gasteiger partial charge on any atom is -0.427 e. The van der Waals surface area contributed by atoms with Crippen LogP contribution >= 0.6 is 23.2 Å². The Balaban J connectivity index is 1.46. The van der Waals surface area contributed by atoms with Crippen LogP contribution < -0.4 is 10.1 Å². The Kier molecular flexibility index (Phi) is 9.30. The lowest BCUT2D eigenvalue weighted by molar-refractivity contribution is -0.945. The molecule has 3 fully saturated rings. The van der Waals surface area contributed by atoms with Crippen molar-refractivity contribution >= 4 is 35.1 Å². The third-order valence-electron chi connectivity index (χ3n) is 9.81. The lowest BCUT2D eigenvalue weighted by Crippen LogP contribution is -2.73. The largest absolute Gasteiger partial charge is 0.427 e. The molecular formula is C34H45Cl2N2O4+. The van der Waals surface area contributed by atoms with E-state index in [1.807, 2.05) is 31.4 Å². The van der Waals surface area contributed by atoms with Crippen LogP contribution in [-0.4, -0.2) is 61.3 Å². The number of esters is 1. The number of fused-ring (bicyclic) bond motifs is 1. The maximum Gasteiger partial charge on any atom is 0.308 e. The summed E-state index contributed by atoms with van der Waals surface area (Å²) in [6.07, 6.45) is 6.32. The van der Waals surface area contributed by atoms with Crippen molar-refractivity contribution in [3.8, 4) is 5.75 Å². The number of quaternary nitrogens is 1. The number of benzene rings is 2. The minimum absolute atomic E-state index is 0.00513. The number of nitrogens with one attached hydrogen (secondary N) is 1. The molecule has 3 aliphatic rings. The first-order valence-electron chi connectivity index (χ1n) is 15.4. The van der Waals surface area contributed by atoms with E-state index in [1.165, 1.54) is 26.3 Å². The highest BCUT2D eigenvalue weighted by Gasteiger charge is 2.64. The molecule has 1 aliphatic heterocycles. The molecule has 5 rings (SSSR count). The maximum atomic E-state index is 13.3. The van der Waals surface area contributed by atoms with Crippen LogP contribution in [-0.2, 0) is 26.2 Å². The van der Waals surface area contributed by atoms with Gasteiger partial charge in [0.2, 0.25) is 5.91 Å². The molecule has 0 bridgehead atoms. The zero-order chi connectivity index (χ0) is 30.1. The van der Waals surface area contributed by atoms with Crippen molar-refractivity contribution in [1.29, 1.82) is 0 Å². The number of ether oxygens (including phenoxy) is 2. The Labute approximate surface area is 260 Å². The number of nitrogens with zero attached hydrogens (tertiary/aromatic N) is 1. The Bertz CT molecular complexity index is 1310. The number of likely N-dealkylation sites (tertiary alicyclic amines) is 1. The second kappa shape index (κ2) is 12.5. The summed E-state index contributed by atoms with van der Waals surface area (Å²) in [5.41, 5.74) is 1.23. The van der Waals surface area contributed by atoms with Crippen LogP contribution in [0.4, 0.5) is 0 Å². The zero-order valence-electron chi connectivity index (χ0n) is 25.4. The van der Waals surface area contributed by atoms with Crippen molar-refractivity contribution in [1.82, 2.24) is 5.32 Å². The predicted octanol–water partition coefficient (Wildman–Crippen LogP) is 6.74. The smallest absolute Gasteiger partial charge is 0.308 e. The topological polar surface area (TPSA) is 64.6 Å². The molecular weight excluding hydrogens is 571 g/mol. The first-order chi connectivity index (χ1) is 20.0. The van der Waals surface area contributed by atoms with Crippen LogP contribution in [0.15, 0.2) is 42.5 Å². The fourth-order valence-electron chi connectivity index (χ4n) is 8.12. The Hall–Kier alpha value is -2.12. The van der Waals surface area contributed by atoms with E-state index in [9.17, 15) is 9.59 Å². The number of carbonyl (C=O) groups is 2. The summed E-state index contributed by atoms with van der Waals surface area (Å²) < 4.78 is 13.3. The molecule has 0 radical (unpaired) electrons. The molecule has 2 aliphatic carbocycles. The highest BCUT2D eigenvalue weighted by atomic mass is 35.5. The van der Waals surface area contributed by atoms with Gasteiger partial charge in [-0.2, -0.15) is 0 Å². The van der Waals surface area contributed by atoms with E-state index in [4.69, 9.17) is 32.7 Å². The van der Waals surface area contributed by atoms with Crippen LogP contribution in [0.1, 0.15) is 70.4 Å². The summed E-state index contributed by atoms with van der Waals surface area (Å²) in [5, 5.41) is 4.28. The molecule has 8 heteroatoms. The lowest BCUT2D eigenvalue weighted by atomic mass is 9.54. The second-order valence-corrected chi connectivity index (χ2v) is 14.3. The van der Waals surface area contributed by atoms with Crippen molar-refractivity contribution in [2.24, 2.45) is 11.8 Å². The van der Waals surface area contributed by atoms with Crippen LogP contribution in [0.25, 0.3) is 0 Å². The van der Waals surface area contributed by atoms with Crippen molar-refractivity contribution in [2.75, 3.05) is 33.3 Å². The van der Waals surface area contributed by atoms with E-state index < -0.39 is 5.60 Å². The third-order valence-corrected chi connectivity index (χ3v) is 10.6. The summed E-state index contributed by atoms with van der Waals surface area (Å²) in [7, 11) is 1.88. The number of halogens is 2. The van der Waals surface area contributed by atoms with Gasteiger partial charge in [-0.15, -0.1) is 0 Å². The van der Waals surface area contributed by atoms with Gasteiger partial charge in [0, 0.05) is 43.7 Å².